The van der Waals surface area contributed by atoms with Gasteiger partial charge in [-0.2, -0.15) is 0 Å². The first kappa shape index (κ1) is 12.0. The molecule has 0 aromatic carbocycles. The molecule has 3 heteroatoms. The molecule has 0 atom stereocenters. The lowest BCUT2D eigenvalue weighted by atomic mass is 10.2. The Bertz CT molecular complexity index is 286. The van der Waals surface area contributed by atoms with Crippen molar-refractivity contribution in [3.63, 3.8) is 0 Å². The Morgan fingerprint density at radius 3 is 2.87 bits per heavy atom. The molecule has 0 bridgehead atoms. The van der Waals surface area contributed by atoms with Crippen LogP contribution in [0, 0.1) is 0 Å². The predicted molar refractivity (Wildman–Crippen MR) is 64.5 cm³/mol. The molecule has 0 radical (unpaired) electrons. The number of nitrogen functional groups attached to an aromatic ring is 1. The smallest absolute Gasteiger partial charge is 0.0564 e. The van der Waals surface area contributed by atoms with Gasteiger partial charge in [-0.3, -0.25) is 4.98 Å². The van der Waals surface area contributed by atoms with Crippen molar-refractivity contribution in [2.45, 2.75) is 32.7 Å². The maximum Gasteiger partial charge on any atom is 0.0564 e. The summed E-state index contributed by atoms with van der Waals surface area (Å²) in [6.07, 6.45) is 5.60. The van der Waals surface area contributed by atoms with Gasteiger partial charge in [-0.05, 0) is 32.1 Å². The van der Waals surface area contributed by atoms with Gasteiger partial charge < -0.3 is 10.6 Å². The Morgan fingerprint density at radius 2 is 2.20 bits per heavy atom. The summed E-state index contributed by atoms with van der Waals surface area (Å²) in [5, 5.41) is 0. The summed E-state index contributed by atoms with van der Waals surface area (Å²) < 4.78 is 0. The molecular weight excluding hydrogens is 186 g/mol. The van der Waals surface area contributed by atoms with Gasteiger partial charge in [-0.25, -0.2) is 0 Å². The first-order valence-corrected chi connectivity index (χ1v) is 5.61. The van der Waals surface area contributed by atoms with Gasteiger partial charge in [0.2, 0.25) is 0 Å². The first-order chi connectivity index (χ1) is 7.22. The van der Waals surface area contributed by atoms with Crippen molar-refractivity contribution in [2.24, 2.45) is 0 Å². The monoisotopic (exact) mass is 207 g/mol. The van der Waals surface area contributed by atoms with E-state index in [-0.39, 0.29) is 0 Å². The molecule has 1 rings (SSSR count). The van der Waals surface area contributed by atoms with Crippen LogP contribution < -0.4 is 5.73 Å². The molecule has 0 saturated carbocycles. The first-order valence-electron chi connectivity index (χ1n) is 5.61. The van der Waals surface area contributed by atoms with Crippen LogP contribution in [0.1, 0.15) is 31.9 Å². The van der Waals surface area contributed by atoms with Gasteiger partial charge in [0.1, 0.15) is 0 Å². The second-order valence-corrected chi connectivity index (χ2v) is 4.03. The van der Waals surface area contributed by atoms with Crippen LogP contribution in [-0.4, -0.2) is 23.5 Å². The molecule has 0 aliphatic heterocycles. The lowest BCUT2D eigenvalue weighted by Gasteiger charge is -2.15. The van der Waals surface area contributed by atoms with Crippen molar-refractivity contribution >= 4 is 5.69 Å². The fourth-order valence-electron chi connectivity index (χ4n) is 1.57. The third-order valence-corrected chi connectivity index (χ3v) is 2.42. The summed E-state index contributed by atoms with van der Waals surface area (Å²) in [5.74, 6) is 0. The molecular formula is C12H21N3. The van der Waals surface area contributed by atoms with E-state index in [1.54, 1.807) is 6.20 Å². The van der Waals surface area contributed by atoms with Crippen molar-refractivity contribution in [1.29, 1.82) is 0 Å². The Morgan fingerprint density at radius 1 is 1.40 bits per heavy atom. The quantitative estimate of drug-likeness (QED) is 0.728. The van der Waals surface area contributed by atoms with Crippen LogP contribution in [0.3, 0.4) is 0 Å². The van der Waals surface area contributed by atoms with Gasteiger partial charge in [0, 0.05) is 18.4 Å². The molecule has 0 aliphatic carbocycles. The molecule has 0 amide bonds. The van der Waals surface area contributed by atoms with E-state index >= 15 is 0 Å². The van der Waals surface area contributed by atoms with Gasteiger partial charge in [-0.15, -0.1) is 0 Å². The van der Waals surface area contributed by atoms with E-state index in [2.05, 4.69) is 23.9 Å². The van der Waals surface area contributed by atoms with Crippen molar-refractivity contribution in [1.82, 2.24) is 9.88 Å². The lowest BCUT2D eigenvalue weighted by Crippen LogP contribution is -2.19. The summed E-state index contributed by atoms with van der Waals surface area (Å²) in [5.41, 5.74) is 7.54. The molecule has 84 valence electrons. The minimum atomic E-state index is 0.793. The number of nitrogens with two attached hydrogens (primary N) is 1. The van der Waals surface area contributed by atoms with Crippen molar-refractivity contribution in [3.05, 3.63) is 24.0 Å². The molecule has 1 aromatic heterocycles. The zero-order valence-electron chi connectivity index (χ0n) is 9.74. The number of anilines is 1. The molecule has 3 nitrogen and oxygen atoms in total. The standard InChI is InChI=1S/C12H21N3/c1-3-4-5-8-15(2)10-12-9-11(13)6-7-14-12/h6-7,9H,3-5,8,10H2,1-2H3,(H2,13,14). The highest BCUT2D eigenvalue weighted by Crippen LogP contribution is 2.06. The molecule has 0 fully saturated rings. The van der Waals surface area contributed by atoms with Crippen LogP contribution in [-0.2, 0) is 6.54 Å². The summed E-state index contributed by atoms with van der Waals surface area (Å²) in [6, 6.07) is 3.76. The van der Waals surface area contributed by atoms with Gasteiger partial charge in [-0.1, -0.05) is 19.8 Å². The highest BCUT2D eigenvalue weighted by molar-refractivity contribution is 5.37. The predicted octanol–water partition coefficient (Wildman–Crippen LogP) is 2.29. The zero-order chi connectivity index (χ0) is 11.1. The summed E-state index contributed by atoms with van der Waals surface area (Å²) in [6.45, 7) is 4.23. The van der Waals surface area contributed by atoms with E-state index in [0.29, 0.717) is 0 Å². The highest BCUT2D eigenvalue weighted by atomic mass is 15.1. The average Bonchev–Trinajstić information content (AvgIpc) is 2.18. The highest BCUT2D eigenvalue weighted by Gasteiger charge is 2.01. The topological polar surface area (TPSA) is 42.1 Å². The van der Waals surface area contributed by atoms with Crippen molar-refractivity contribution < 1.29 is 0 Å². The fraction of sp³-hybridized carbons (Fsp3) is 0.583. The van der Waals surface area contributed by atoms with E-state index in [9.17, 15) is 0 Å². The van der Waals surface area contributed by atoms with Crippen molar-refractivity contribution in [3.8, 4) is 0 Å². The molecule has 15 heavy (non-hydrogen) atoms. The minimum Gasteiger partial charge on any atom is -0.399 e. The number of hydrogen-bond acceptors (Lipinski definition) is 3. The maximum atomic E-state index is 5.70. The number of aromatic nitrogens is 1. The summed E-state index contributed by atoms with van der Waals surface area (Å²) in [4.78, 5) is 6.58. The van der Waals surface area contributed by atoms with E-state index in [1.807, 2.05) is 12.1 Å². The third kappa shape index (κ3) is 4.79. The van der Waals surface area contributed by atoms with Crippen LogP contribution in [0.4, 0.5) is 5.69 Å². The normalized spacial score (nSPS) is 10.9. The van der Waals surface area contributed by atoms with Crippen molar-refractivity contribution in [2.75, 3.05) is 19.3 Å². The zero-order valence-corrected chi connectivity index (χ0v) is 9.74. The number of nitrogens with zero attached hydrogens (tertiary/aromatic N) is 2. The fourth-order valence-corrected chi connectivity index (χ4v) is 1.57. The Hall–Kier alpha value is -1.09. The van der Waals surface area contributed by atoms with Crippen LogP contribution in [0.25, 0.3) is 0 Å². The third-order valence-electron chi connectivity index (χ3n) is 2.42. The summed E-state index contributed by atoms with van der Waals surface area (Å²) >= 11 is 0. The van der Waals surface area contributed by atoms with E-state index in [0.717, 1.165) is 24.5 Å². The van der Waals surface area contributed by atoms with E-state index in [4.69, 9.17) is 5.73 Å². The largest absolute Gasteiger partial charge is 0.399 e. The molecule has 0 spiro atoms. The second-order valence-electron chi connectivity index (χ2n) is 4.03. The van der Waals surface area contributed by atoms with Gasteiger partial charge >= 0.3 is 0 Å². The van der Waals surface area contributed by atoms with Crippen LogP contribution >= 0.6 is 0 Å². The molecule has 0 aliphatic rings. The molecule has 2 N–H and O–H groups in total. The Kier molecular flexibility index (Phi) is 5.12. The molecule has 1 heterocycles. The van der Waals surface area contributed by atoms with Crippen LogP contribution in [0.5, 0.6) is 0 Å². The van der Waals surface area contributed by atoms with Gasteiger partial charge in [0.15, 0.2) is 0 Å². The SMILES string of the molecule is CCCCCN(C)Cc1cc(N)ccn1. The maximum absolute atomic E-state index is 5.70. The van der Waals surface area contributed by atoms with E-state index in [1.165, 1.54) is 19.3 Å². The van der Waals surface area contributed by atoms with Crippen LogP contribution in [0.15, 0.2) is 18.3 Å². The Balaban J connectivity index is 2.34. The number of rotatable bonds is 6. The minimum absolute atomic E-state index is 0.793. The summed E-state index contributed by atoms with van der Waals surface area (Å²) in [7, 11) is 2.13. The number of unbranched alkanes of at least 4 members (excludes halogenated alkanes) is 2. The Labute approximate surface area is 92.3 Å². The van der Waals surface area contributed by atoms with Crippen LogP contribution in [0.2, 0.25) is 0 Å². The van der Waals surface area contributed by atoms with E-state index < -0.39 is 0 Å². The molecule has 1 aromatic rings. The second kappa shape index (κ2) is 6.40. The molecule has 0 unspecified atom stereocenters. The number of pyridine rings is 1. The van der Waals surface area contributed by atoms with Gasteiger partial charge in [0.05, 0.1) is 5.69 Å². The average molecular weight is 207 g/mol. The van der Waals surface area contributed by atoms with Gasteiger partial charge in [0.25, 0.3) is 0 Å². The lowest BCUT2D eigenvalue weighted by molar-refractivity contribution is 0.314. The number of hydrogen-bond donors (Lipinski definition) is 1. The molecule has 0 saturated heterocycles.